The van der Waals surface area contributed by atoms with Crippen LogP contribution in [0.25, 0.3) is 0 Å². The minimum absolute atomic E-state index is 0.0152. The lowest BCUT2D eigenvalue weighted by Crippen LogP contribution is -2.61. The molecule has 0 unspecified atom stereocenters. The Balaban J connectivity index is 1.44. The second-order valence-electron chi connectivity index (χ2n) is 8.49. The van der Waals surface area contributed by atoms with Gasteiger partial charge < -0.3 is 19.9 Å². The van der Waals surface area contributed by atoms with E-state index < -0.39 is 28.7 Å². The molecule has 3 aliphatic heterocycles. The Morgan fingerprint density at radius 1 is 1.16 bits per heavy atom. The predicted octanol–water partition coefficient (Wildman–Crippen LogP) is 2.16. The second kappa shape index (κ2) is 7.18. The maximum Gasteiger partial charge on any atom is 0.275 e. The van der Waals surface area contributed by atoms with Crippen LogP contribution >= 0.6 is 0 Å². The van der Waals surface area contributed by atoms with Gasteiger partial charge in [-0.25, -0.2) is 8.78 Å². The van der Waals surface area contributed by atoms with E-state index in [1.807, 2.05) is 4.90 Å². The highest BCUT2D eigenvalue weighted by Crippen LogP contribution is 2.43. The topological polar surface area (TPSA) is 91.6 Å². The fraction of sp³-hybridized carbons (Fsp3) is 0.409. The zero-order valence-corrected chi connectivity index (χ0v) is 16.6. The number of benzene rings is 1. The molecule has 1 saturated carbocycles. The van der Waals surface area contributed by atoms with E-state index in [-0.39, 0.29) is 41.4 Å². The van der Waals surface area contributed by atoms with Crippen LogP contribution in [0.5, 0.6) is 5.75 Å². The normalized spacial score (nSPS) is 24.0. The van der Waals surface area contributed by atoms with E-state index in [0.29, 0.717) is 18.5 Å². The number of rotatable bonds is 3. The predicted molar refractivity (Wildman–Crippen MR) is 106 cm³/mol. The minimum Gasteiger partial charge on any atom is -0.503 e. The summed E-state index contributed by atoms with van der Waals surface area (Å²) in [6.07, 6.45) is 5.23. The van der Waals surface area contributed by atoms with Crippen LogP contribution < -0.4 is 10.7 Å². The lowest BCUT2D eigenvalue weighted by molar-refractivity contribution is -0.0181. The molecule has 1 atom stereocenters. The van der Waals surface area contributed by atoms with Gasteiger partial charge in [-0.2, -0.15) is 0 Å². The third-order valence-corrected chi connectivity index (χ3v) is 6.81. The first-order valence-electron chi connectivity index (χ1n) is 10.4. The summed E-state index contributed by atoms with van der Waals surface area (Å²) in [5.41, 5.74) is -1.31. The molecule has 6 rings (SSSR count). The molecular formula is C22H21F2N3O4. The third kappa shape index (κ3) is 3.10. The van der Waals surface area contributed by atoms with Crippen molar-refractivity contribution in [1.82, 2.24) is 14.8 Å². The van der Waals surface area contributed by atoms with Gasteiger partial charge in [0, 0.05) is 37.0 Å². The van der Waals surface area contributed by atoms with Gasteiger partial charge >= 0.3 is 0 Å². The average Bonchev–Trinajstić information content (AvgIpc) is 2.76. The number of halogens is 2. The summed E-state index contributed by atoms with van der Waals surface area (Å²) in [7, 11) is 0. The molecule has 0 radical (unpaired) electrons. The minimum atomic E-state index is -0.947. The van der Waals surface area contributed by atoms with Crippen molar-refractivity contribution in [3.63, 3.8) is 0 Å². The van der Waals surface area contributed by atoms with Crippen molar-refractivity contribution in [2.24, 2.45) is 5.92 Å². The summed E-state index contributed by atoms with van der Waals surface area (Å²) in [5.74, 6) is -3.11. The Morgan fingerprint density at radius 3 is 2.61 bits per heavy atom. The van der Waals surface area contributed by atoms with Gasteiger partial charge in [0.2, 0.25) is 5.43 Å². The highest BCUT2D eigenvalue weighted by molar-refractivity contribution is 5.99. The molecule has 4 heterocycles. The summed E-state index contributed by atoms with van der Waals surface area (Å²) >= 11 is 0. The van der Waals surface area contributed by atoms with Crippen molar-refractivity contribution in [3.05, 3.63) is 63.1 Å². The van der Waals surface area contributed by atoms with Gasteiger partial charge in [0.1, 0.15) is 17.2 Å². The molecule has 4 aliphatic rings. The van der Waals surface area contributed by atoms with E-state index in [9.17, 15) is 28.3 Å². The zero-order valence-electron chi connectivity index (χ0n) is 16.6. The van der Waals surface area contributed by atoms with Gasteiger partial charge in [0.25, 0.3) is 11.8 Å². The highest BCUT2D eigenvalue weighted by atomic mass is 19.1. The molecule has 31 heavy (non-hydrogen) atoms. The third-order valence-electron chi connectivity index (χ3n) is 6.81. The summed E-state index contributed by atoms with van der Waals surface area (Å²) in [4.78, 5) is 40.2. The number of hydrogen-bond acceptors (Lipinski definition) is 4. The van der Waals surface area contributed by atoms with Crippen LogP contribution in [0.2, 0.25) is 0 Å². The van der Waals surface area contributed by atoms with Gasteiger partial charge in [-0.05, 0) is 37.7 Å². The van der Waals surface area contributed by atoms with Crippen LogP contribution in [-0.2, 0) is 13.1 Å². The van der Waals surface area contributed by atoms with Gasteiger partial charge in [0.15, 0.2) is 11.4 Å². The van der Waals surface area contributed by atoms with Gasteiger partial charge in [-0.1, -0.05) is 6.07 Å². The molecule has 2 amide bonds. The number of piperidine rings is 2. The van der Waals surface area contributed by atoms with Crippen molar-refractivity contribution in [2.75, 3.05) is 0 Å². The van der Waals surface area contributed by atoms with Crippen LogP contribution in [0.1, 0.15) is 52.1 Å². The molecule has 1 aromatic heterocycles. The molecule has 0 spiro atoms. The average molecular weight is 429 g/mol. The van der Waals surface area contributed by atoms with Crippen molar-refractivity contribution < 1.29 is 23.5 Å². The molecule has 1 aromatic carbocycles. The Labute approximate surface area is 176 Å². The standard InChI is InChI=1S/C22H21F2N3O4/c23-13-4-1-12(16(24)7-13)8-25-21(30)15-9-26-10-17-11-2-5-14(6-3-11)27(17)22(31)18(26)20(29)19(15)28/h1,4,7,9,11,14,17,29H,2-3,5-6,8,10H2,(H,25,30)/t11?,14?,17-/m0/s1. The van der Waals surface area contributed by atoms with E-state index >= 15 is 0 Å². The quantitative estimate of drug-likeness (QED) is 0.782. The van der Waals surface area contributed by atoms with E-state index in [1.165, 1.54) is 16.8 Å². The first-order chi connectivity index (χ1) is 14.8. The van der Waals surface area contributed by atoms with Crippen LogP contribution in [-0.4, -0.2) is 38.5 Å². The number of hydrogen-bond donors (Lipinski definition) is 2. The molecule has 2 bridgehead atoms. The Bertz CT molecular complexity index is 1150. The van der Waals surface area contributed by atoms with E-state index in [2.05, 4.69) is 5.32 Å². The molecular weight excluding hydrogens is 408 g/mol. The van der Waals surface area contributed by atoms with Gasteiger partial charge in [-0.15, -0.1) is 0 Å². The summed E-state index contributed by atoms with van der Waals surface area (Å²) in [6.45, 7) is 0.148. The van der Waals surface area contributed by atoms with E-state index in [0.717, 1.165) is 31.7 Å². The van der Waals surface area contributed by atoms with E-state index in [1.54, 1.807) is 0 Å². The molecule has 2 aromatic rings. The molecule has 2 N–H and O–H groups in total. The molecule has 9 heteroatoms. The lowest BCUT2D eigenvalue weighted by Gasteiger charge is -2.53. The van der Waals surface area contributed by atoms with Crippen LogP contribution in [0, 0.1) is 17.6 Å². The first kappa shape index (κ1) is 19.7. The fourth-order valence-electron chi connectivity index (χ4n) is 5.26. The number of aromatic nitrogens is 1. The monoisotopic (exact) mass is 429 g/mol. The number of aromatic hydroxyl groups is 1. The number of nitrogens with one attached hydrogen (secondary N) is 1. The van der Waals surface area contributed by atoms with Crippen LogP contribution in [0.3, 0.4) is 0 Å². The Kier molecular flexibility index (Phi) is 4.56. The summed E-state index contributed by atoms with van der Waals surface area (Å²) < 4.78 is 28.3. The van der Waals surface area contributed by atoms with Crippen molar-refractivity contribution in [2.45, 2.75) is 50.9 Å². The Hall–Kier alpha value is -3.23. The molecule has 1 aliphatic carbocycles. The van der Waals surface area contributed by atoms with Crippen LogP contribution in [0.4, 0.5) is 8.78 Å². The smallest absolute Gasteiger partial charge is 0.275 e. The second-order valence-corrected chi connectivity index (χ2v) is 8.49. The van der Waals surface area contributed by atoms with Crippen molar-refractivity contribution >= 4 is 11.8 Å². The van der Waals surface area contributed by atoms with Gasteiger partial charge in [0.05, 0.1) is 6.04 Å². The molecule has 7 nitrogen and oxygen atoms in total. The first-order valence-corrected chi connectivity index (χ1v) is 10.4. The van der Waals surface area contributed by atoms with Crippen LogP contribution in [0.15, 0.2) is 29.2 Å². The largest absolute Gasteiger partial charge is 0.503 e. The zero-order chi connectivity index (χ0) is 21.9. The van der Waals surface area contributed by atoms with Crippen molar-refractivity contribution in [3.8, 4) is 5.75 Å². The lowest BCUT2D eigenvalue weighted by atomic mass is 9.73. The van der Waals surface area contributed by atoms with E-state index in [4.69, 9.17) is 0 Å². The fourth-order valence-corrected chi connectivity index (χ4v) is 5.26. The van der Waals surface area contributed by atoms with Crippen molar-refractivity contribution in [1.29, 1.82) is 0 Å². The number of pyridine rings is 1. The number of carbonyl (C=O) groups is 2. The molecule has 162 valence electrons. The Morgan fingerprint density at radius 2 is 1.90 bits per heavy atom. The summed E-state index contributed by atoms with van der Waals surface area (Å²) in [6, 6.07) is 3.08. The number of carbonyl (C=O) groups excluding carboxylic acids is 2. The number of amides is 2. The van der Waals surface area contributed by atoms with Gasteiger partial charge in [-0.3, -0.25) is 14.4 Å². The SMILES string of the molecule is O=C(NCc1ccc(F)cc1F)c1cn2c(c(O)c1=O)C(=O)N1C3CCC(CC3)[C@@H]1C2. The highest BCUT2D eigenvalue weighted by Gasteiger charge is 2.48. The maximum absolute atomic E-state index is 13.8. The maximum atomic E-state index is 13.8. The number of fused-ring (bicyclic) bond motifs is 3. The molecule has 3 fully saturated rings. The molecule has 2 saturated heterocycles. The summed E-state index contributed by atoms with van der Waals surface area (Å²) in [5, 5.41) is 12.9. The number of nitrogens with zero attached hydrogens (tertiary/aromatic N) is 2.